The van der Waals surface area contributed by atoms with E-state index in [2.05, 4.69) is 31.6 Å². The molecule has 32 heavy (non-hydrogen) atoms. The van der Waals surface area contributed by atoms with Crippen molar-refractivity contribution < 1.29 is 4.79 Å². The summed E-state index contributed by atoms with van der Waals surface area (Å²) in [6, 6.07) is 10.2. The lowest BCUT2D eigenvalue weighted by molar-refractivity contribution is -0.121. The standard InChI is InChI=1S/C23H27Cl2N5OS/c1-26-20-8-7-18-23(29-20)32-22(28-18)10-9-21(31)27-11-3-13-30-12-2-4-19(30)15-5-6-16(24)17(25)14-15/h5-8,14,19H,2-4,9-13H2,1H3,(H,26,29)(H,27,31). The molecule has 9 heteroatoms. The van der Waals surface area contributed by atoms with E-state index in [-0.39, 0.29) is 5.91 Å². The maximum atomic E-state index is 12.3. The molecule has 0 spiro atoms. The molecule has 1 atom stereocenters. The minimum atomic E-state index is 0.0654. The number of aryl methyl sites for hydroxylation is 1. The van der Waals surface area contributed by atoms with Gasteiger partial charge in [-0.3, -0.25) is 9.69 Å². The predicted octanol–water partition coefficient (Wildman–Crippen LogP) is 5.32. The van der Waals surface area contributed by atoms with Gasteiger partial charge in [0.15, 0.2) is 0 Å². The van der Waals surface area contributed by atoms with Crippen LogP contribution in [0, 0.1) is 0 Å². The number of hydrogen-bond donors (Lipinski definition) is 2. The van der Waals surface area contributed by atoms with Gasteiger partial charge in [-0.2, -0.15) is 0 Å². The van der Waals surface area contributed by atoms with Gasteiger partial charge in [0.25, 0.3) is 0 Å². The molecule has 170 valence electrons. The van der Waals surface area contributed by atoms with Gasteiger partial charge < -0.3 is 10.6 Å². The van der Waals surface area contributed by atoms with Crippen LogP contribution >= 0.6 is 34.5 Å². The third-order valence-corrected chi connectivity index (χ3v) is 7.52. The van der Waals surface area contributed by atoms with Crippen LogP contribution in [-0.4, -0.2) is 47.5 Å². The van der Waals surface area contributed by atoms with Gasteiger partial charge in [-0.1, -0.05) is 40.6 Å². The molecular formula is C23H27Cl2N5OS. The van der Waals surface area contributed by atoms with Crippen molar-refractivity contribution in [2.45, 2.75) is 38.1 Å². The van der Waals surface area contributed by atoms with E-state index in [0.717, 1.165) is 47.1 Å². The molecule has 0 saturated carbocycles. The first-order valence-corrected chi connectivity index (χ1v) is 12.5. The lowest BCUT2D eigenvalue weighted by Crippen LogP contribution is -2.30. The number of hydrogen-bond acceptors (Lipinski definition) is 6. The first-order chi connectivity index (χ1) is 15.5. The van der Waals surface area contributed by atoms with Crippen LogP contribution in [0.25, 0.3) is 10.3 Å². The lowest BCUT2D eigenvalue weighted by Gasteiger charge is -2.25. The van der Waals surface area contributed by atoms with E-state index in [9.17, 15) is 4.79 Å². The van der Waals surface area contributed by atoms with Gasteiger partial charge in [0, 0.05) is 39.0 Å². The van der Waals surface area contributed by atoms with Gasteiger partial charge >= 0.3 is 0 Å². The first-order valence-electron chi connectivity index (χ1n) is 10.9. The van der Waals surface area contributed by atoms with Gasteiger partial charge in [0.1, 0.15) is 16.2 Å². The van der Waals surface area contributed by atoms with Gasteiger partial charge in [0.2, 0.25) is 5.91 Å². The molecule has 0 aliphatic carbocycles. The summed E-state index contributed by atoms with van der Waals surface area (Å²) in [5.74, 6) is 0.889. The Morgan fingerprint density at radius 1 is 1.22 bits per heavy atom. The monoisotopic (exact) mass is 491 g/mol. The predicted molar refractivity (Wildman–Crippen MR) is 133 cm³/mol. The summed E-state index contributed by atoms with van der Waals surface area (Å²) >= 11 is 13.8. The van der Waals surface area contributed by atoms with Crippen LogP contribution in [0.5, 0.6) is 0 Å². The second kappa shape index (κ2) is 10.8. The highest BCUT2D eigenvalue weighted by atomic mass is 35.5. The van der Waals surface area contributed by atoms with Crippen molar-refractivity contribution in [3.05, 3.63) is 50.9 Å². The molecular weight excluding hydrogens is 465 g/mol. The molecule has 1 unspecified atom stereocenters. The van der Waals surface area contributed by atoms with Crippen LogP contribution < -0.4 is 10.6 Å². The number of anilines is 1. The summed E-state index contributed by atoms with van der Waals surface area (Å²) in [4.78, 5) is 24.7. The Balaban J connectivity index is 1.20. The Kier molecular flexibility index (Phi) is 7.84. The SMILES string of the molecule is CNc1ccc2nc(CCC(=O)NCCCN3CCCC3c3ccc(Cl)c(Cl)c3)sc2n1. The molecule has 1 fully saturated rings. The van der Waals surface area contributed by atoms with E-state index in [1.54, 1.807) is 11.3 Å². The normalized spacial score (nSPS) is 16.5. The number of nitrogens with zero attached hydrogens (tertiary/aromatic N) is 3. The molecule has 0 bridgehead atoms. The number of benzene rings is 1. The second-order valence-corrected chi connectivity index (χ2v) is 9.83. The summed E-state index contributed by atoms with van der Waals surface area (Å²) in [6.07, 6.45) is 4.28. The number of thiazole rings is 1. The molecule has 1 saturated heterocycles. The molecule has 2 N–H and O–H groups in total. The summed E-state index contributed by atoms with van der Waals surface area (Å²) < 4.78 is 0. The number of nitrogens with one attached hydrogen (secondary N) is 2. The fraction of sp³-hybridized carbons (Fsp3) is 0.435. The molecule has 1 amide bonds. The molecule has 2 aromatic heterocycles. The first kappa shape index (κ1) is 23.2. The summed E-state index contributed by atoms with van der Waals surface area (Å²) in [6.45, 7) is 2.69. The Morgan fingerprint density at radius 2 is 2.09 bits per heavy atom. The summed E-state index contributed by atoms with van der Waals surface area (Å²) in [7, 11) is 1.84. The number of fused-ring (bicyclic) bond motifs is 1. The number of carbonyl (C=O) groups excluding carboxylic acids is 1. The van der Waals surface area contributed by atoms with Crippen LogP contribution in [-0.2, 0) is 11.2 Å². The molecule has 3 aromatic rings. The minimum Gasteiger partial charge on any atom is -0.373 e. The molecule has 3 heterocycles. The van der Waals surface area contributed by atoms with E-state index in [1.807, 2.05) is 31.3 Å². The Bertz CT molecular complexity index is 1090. The Labute approximate surface area is 202 Å². The van der Waals surface area contributed by atoms with Gasteiger partial charge in [0.05, 0.1) is 15.1 Å². The van der Waals surface area contributed by atoms with Crippen molar-refractivity contribution in [3.8, 4) is 0 Å². The van der Waals surface area contributed by atoms with Crippen LogP contribution in [0.2, 0.25) is 10.0 Å². The third kappa shape index (κ3) is 5.70. The largest absolute Gasteiger partial charge is 0.373 e. The minimum absolute atomic E-state index is 0.0654. The van der Waals surface area contributed by atoms with Gasteiger partial charge in [-0.15, -0.1) is 0 Å². The molecule has 4 rings (SSSR count). The van der Waals surface area contributed by atoms with Gasteiger partial charge in [-0.25, -0.2) is 9.97 Å². The van der Waals surface area contributed by atoms with Crippen molar-refractivity contribution in [1.29, 1.82) is 0 Å². The number of carbonyl (C=O) groups is 1. The van der Waals surface area contributed by atoms with Crippen molar-refractivity contribution in [3.63, 3.8) is 0 Å². The van der Waals surface area contributed by atoms with Crippen molar-refractivity contribution in [2.75, 3.05) is 32.0 Å². The summed E-state index contributed by atoms with van der Waals surface area (Å²) in [5.41, 5.74) is 2.10. The molecule has 1 aliphatic heterocycles. The number of likely N-dealkylation sites (tertiary alicyclic amines) is 1. The van der Waals surface area contributed by atoms with E-state index < -0.39 is 0 Å². The number of aromatic nitrogens is 2. The summed E-state index contributed by atoms with van der Waals surface area (Å²) in [5, 5.41) is 8.22. The van der Waals surface area contributed by atoms with Crippen molar-refractivity contribution in [2.24, 2.45) is 0 Å². The maximum absolute atomic E-state index is 12.3. The smallest absolute Gasteiger partial charge is 0.220 e. The number of rotatable bonds is 9. The van der Waals surface area contributed by atoms with E-state index in [0.29, 0.717) is 35.5 Å². The fourth-order valence-electron chi connectivity index (χ4n) is 4.12. The van der Waals surface area contributed by atoms with E-state index in [4.69, 9.17) is 23.2 Å². The van der Waals surface area contributed by atoms with E-state index in [1.165, 1.54) is 12.0 Å². The number of amides is 1. The highest BCUT2D eigenvalue weighted by Crippen LogP contribution is 2.34. The van der Waals surface area contributed by atoms with Crippen LogP contribution in [0.1, 0.15) is 42.3 Å². The molecule has 1 aromatic carbocycles. The zero-order valence-corrected chi connectivity index (χ0v) is 20.4. The third-order valence-electron chi connectivity index (χ3n) is 5.76. The topological polar surface area (TPSA) is 70.2 Å². The highest BCUT2D eigenvalue weighted by molar-refractivity contribution is 7.18. The molecule has 0 radical (unpaired) electrons. The van der Waals surface area contributed by atoms with Crippen LogP contribution in [0.4, 0.5) is 5.82 Å². The van der Waals surface area contributed by atoms with Crippen molar-refractivity contribution >= 4 is 56.6 Å². The molecule has 1 aliphatic rings. The van der Waals surface area contributed by atoms with E-state index >= 15 is 0 Å². The average molecular weight is 492 g/mol. The Morgan fingerprint density at radius 3 is 2.91 bits per heavy atom. The zero-order chi connectivity index (χ0) is 22.5. The van der Waals surface area contributed by atoms with Gasteiger partial charge in [-0.05, 0) is 55.6 Å². The molecule has 6 nitrogen and oxygen atoms in total. The second-order valence-electron chi connectivity index (χ2n) is 7.95. The number of pyridine rings is 1. The maximum Gasteiger partial charge on any atom is 0.220 e. The fourth-order valence-corrected chi connectivity index (χ4v) is 5.36. The Hall–Kier alpha value is -1.93. The average Bonchev–Trinajstić information content (AvgIpc) is 3.43. The number of halogens is 2. The van der Waals surface area contributed by atoms with Crippen molar-refractivity contribution in [1.82, 2.24) is 20.2 Å². The highest BCUT2D eigenvalue weighted by Gasteiger charge is 2.25. The lowest BCUT2D eigenvalue weighted by atomic mass is 10.0. The van der Waals surface area contributed by atoms with Crippen LogP contribution in [0.15, 0.2) is 30.3 Å². The van der Waals surface area contributed by atoms with Crippen LogP contribution in [0.3, 0.4) is 0 Å². The quantitative estimate of drug-likeness (QED) is 0.396. The zero-order valence-electron chi connectivity index (χ0n) is 18.0.